The minimum atomic E-state index is -0.954. The Morgan fingerprint density at radius 3 is 2.17 bits per heavy atom. The van der Waals surface area contributed by atoms with E-state index in [4.69, 9.17) is 0 Å². The molecule has 2 nitrogen and oxygen atoms in total. The molecule has 0 bridgehead atoms. The van der Waals surface area contributed by atoms with Gasteiger partial charge < -0.3 is 5.11 Å². The molecule has 1 N–H and O–H groups in total. The van der Waals surface area contributed by atoms with Crippen LogP contribution in [0, 0.1) is 0 Å². The third-order valence-corrected chi connectivity index (χ3v) is 4.00. The summed E-state index contributed by atoms with van der Waals surface area (Å²) >= 11 is 0. The van der Waals surface area contributed by atoms with Crippen LogP contribution in [0.3, 0.4) is 0 Å². The first-order chi connectivity index (χ1) is 11.0. The summed E-state index contributed by atoms with van der Waals surface area (Å²) in [5, 5.41) is 11.1. The number of ketones is 1. The highest BCUT2D eigenvalue weighted by atomic mass is 16.3. The lowest BCUT2D eigenvalue weighted by Crippen LogP contribution is -2.26. The van der Waals surface area contributed by atoms with Crippen molar-refractivity contribution in [3.05, 3.63) is 83.9 Å². The molecular weight excluding hydrogens is 284 g/mol. The quantitative estimate of drug-likeness (QED) is 0.556. The molecule has 120 valence electrons. The van der Waals surface area contributed by atoms with Crippen molar-refractivity contribution in [2.45, 2.75) is 38.2 Å². The summed E-state index contributed by atoms with van der Waals surface area (Å²) in [6.45, 7) is 5.85. The first kappa shape index (κ1) is 17.2. The van der Waals surface area contributed by atoms with E-state index >= 15 is 0 Å². The van der Waals surface area contributed by atoms with Crippen molar-refractivity contribution >= 4 is 5.78 Å². The second-order valence-corrected chi connectivity index (χ2v) is 6.17. The maximum absolute atomic E-state index is 12.2. The Kier molecular flexibility index (Phi) is 5.89. The van der Waals surface area contributed by atoms with E-state index in [9.17, 15) is 9.90 Å². The molecule has 0 aliphatic heterocycles. The second-order valence-electron chi connectivity index (χ2n) is 6.17. The van der Waals surface area contributed by atoms with Gasteiger partial charge in [-0.3, -0.25) is 4.79 Å². The Balaban J connectivity index is 2.02. The van der Waals surface area contributed by atoms with Crippen LogP contribution in [0.5, 0.6) is 0 Å². The normalized spacial score (nSPS) is 13.3. The van der Waals surface area contributed by atoms with Crippen LogP contribution >= 0.6 is 0 Å². The largest absolute Gasteiger partial charge is 0.385 e. The van der Waals surface area contributed by atoms with E-state index in [1.54, 1.807) is 0 Å². The van der Waals surface area contributed by atoms with Crippen LogP contribution in [-0.4, -0.2) is 10.9 Å². The van der Waals surface area contributed by atoms with Gasteiger partial charge in [-0.1, -0.05) is 66.2 Å². The number of aliphatic hydroxyl groups is 1. The standard InChI is InChI=1S/C21H24O2/c1-17(2)16-21(23,19-12-7-4-8-13-19)15-9-14-20(22)18-10-5-3-6-11-18/h3-8,10-13,23H,1,9,14-16H2,2H3. The highest BCUT2D eigenvalue weighted by Crippen LogP contribution is 2.33. The Morgan fingerprint density at radius 1 is 1.04 bits per heavy atom. The third kappa shape index (κ3) is 4.90. The van der Waals surface area contributed by atoms with Crippen molar-refractivity contribution in [2.75, 3.05) is 0 Å². The molecule has 2 aromatic rings. The smallest absolute Gasteiger partial charge is 0.162 e. The number of hydrogen-bond donors (Lipinski definition) is 1. The topological polar surface area (TPSA) is 37.3 Å². The van der Waals surface area contributed by atoms with Crippen LogP contribution in [0.25, 0.3) is 0 Å². The first-order valence-electron chi connectivity index (χ1n) is 8.02. The molecule has 2 heteroatoms. The molecular formula is C21H24O2. The lowest BCUT2D eigenvalue weighted by atomic mass is 9.83. The van der Waals surface area contributed by atoms with Crippen molar-refractivity contribution < 1.29 is 9.90 Å². The average molecular weight is 308 g/mol. The fraction of sp³-hybridized carbons (Fsp3) is 0.286. The number of benzene rings is 2. The van der Waals surface area contributed by atoms with Crippen LogP contribution < -0.4 is 0 Å². The van der Waals surface area contributed by atoms with Gasteiger partial charge in [-0.15, -0.1) is 6.58 Å². The Morgan fingerprint density at radius 2 is 1.61 bits per heavy atom. The van der Waals surface area contributed by atoms with Crippen molar-refractivity contribution in [1.82, 2.24) is 0 Å². The van der Waals surface area contributed by atoms with Gasteiger partial charge in [0.15, 0.2) is 5.78 Å². The minimum absolute atomic E-state index is 0.122. The monoisotopic (exact) mass is 308 g/mol. The van der Waals surface area contributed by atoms with E-state index in [2.05, 4.69) is 6.58 Å². The lowest BCUT2D eigenvalue weighted by molar-refractivity contribution is 0.0254. The molecule has 2 rings (SSSR count). The summed E-state index contributed by atoms with van der Waals surface area (Å²) in [4.78, 5) is 12.2. The van der Waals surface area contributed by atoms with E-state index in [1.165, 1.54) is 0 Å². The summed E-state index contributed by atoms with van der Waals surface area (Å²) < 4.78 is 0. The zero-order valence-corrected chi connectivity index (χ0v) is 13.7. The van der Waals surface area contributed by atoms with Gasteiger partial charge in [0.05, 0.1) is 5.60 Å². The fourth-order valence-corrected chi connectivity index (χ4v) is 2.89. The van der Waals surface area contributed by atoms with Crippen LogP contribution in [0.4, 0.5) is 0 Å². The van der Waals surface area contributed by atoms with Crippen molar-refractivity contribution in [1.29, 1.82) is 0 Å². The van der Waals surface area contributed by atoms with Gasteiger partial charge in [-0.05, 0) is 25.3 Å². The molecule has 23 heavy (non-hydrogen) atoms. The van der Waals surface area contributed by atoms with Gasteiger partial charge in [0.1, 0.15) is 0 Å². The number of rotatable bonds is 8. The van der Waals surface area contributed by atoms with E-state index in [1.807, 2.05) is 67.6 Å². The van der Waals surface area contributed by atoms with Crippen molar-refractivity contribution in [2.24, 2.45) is 0 Å². The van der Waals surface area contributed by atoms with Gasteiger partial charge in [0.2, 0.25) is 0 Å². The van der Waals surface area contributed by atoms with Gasteiger partial charge in [0.25, 0.3) is 0 Å². The SMILES string of the molecule is C=C(C)CC(O)(CCCC(=O)c1ccccc1)c1ccccc1. The molecule has 0 saturated heterocycles. The molecule has 1 atom stereocenters. The van der Waals surface area contributed by atoms with Crippen molar-refractivity contribution in [3.63, 3.8) is 0 Å². The molecule has 0 heterocycles. The Hall–Kier alpha value is -2.19. The van der Waals surface area contributed by atoms with Crippen LogP contribution in [0.2, 0.25) is 0 Å². The Bertz CT molecular complexity index is 646. The van der Waals surface area contributed by atoms with Crippen LogP contribution in [-0.2, 0) is 5.60 Å². The van der Waals surface area contributed by atoms with E-state index in [0.717, 1.165) is 16.7 Å². The molecule has 0 fully saturated rings. The molecule has 0 aliphatic rings. The molecule has 0 saturated carbocycles. The highest BCUT2D eigenvalue weighted by Gasteiger charge is 2.28. The highest BCUT2D eigenvalue weighted by molar-refractivity contribution is 5.95. The zero-order valence-electron chi connectivity index (χ0n) is 13.7. The van der Waals surface area contributed by atoms with E-state index < -0.39 is 5.60 Å². The minimum Gasteiger partial charge on any atom is -0.385 e. The molecule has 0 radical (unpaired) electrons. The maximum Gasteiger partial charge on any atom is 0.162 e. The van der Waals surface area contributed by atoms with Gasteiger partial charge in [-0.2, -0.15) is 0 Å². The zero-order chi connectivity index (χ0) is 16.7. The van der Waals surface area contributed by atoms with Crippen molar-refractivity contribution in [3.8, 4) is 0 Å². The van der Waals surface area contributed by atoms with Gasteiger partial charge in [-0.25, -0.2) is 0 Å². The molecule has 0 spiro atoms. The average Bonchev–Trinajstić information content (AvgIpc) is 2.55. The first-order valence-corrected chi connectivity index (χ1v) is 8.02. The number of hydrogen-bond acceptors (Lipinski definition) is 2. The number of carbonyl (C=O) groups excluding carboxylic acids is 1. The van der Waals surface area contributed by atoms with Crippen LogP contribution in [0.1, 0.15) is 48.5 Å². The number of Topliss-reactive ketones (excluding diaryl/α,β-unsaturated/α-hetero) is 1. The summed E-state index contributed by atoms with van der Waals surface area (Å²) in [6.07, 6.45) is 2.14. The van der Waals surface area contributed by atoms with Crippen LogP contribution in [0.15, 0.2) is 72.8 Å². The number of carbonyl (C=O) groups is 1. The lowest BCUT2D eigenvalue weighted by Gasteiger charge is -2.29. The summed E-state index contributed by atoms with van der Waals surface area (Å²) in [6, 6.07) is 19.0. The van der Waals surface area contributed by atoms with E-state index in [0.29, 0.717) is 25.7 Å². The maximum atomic E-state index is 12.2. The third-order valence-electron chi connectivity index (χ3n) is 4.00. The van der Waals surface area contributed by atoms with Gasteiger partial charge >= 0.3 is 0 Å². The molecule has 0 aromatic heterocycles. The predicted octanol–water partition coefficient (Wildman–Crippen LogP) is 4.89. The molecule has 0 amide bonds. The predicted molar refractivity (Wildman–Crippen MR) is 94.4 cm³/mol. The second kappa shape index (κ2) is 7.89. The Labute approximate surface area is 138 Å². The molecule has 0 aliphatic carbocycles. The summed E-state index contributed by atoms with van der Waals surface area (Å²) in [7, 11) is 0. The van der Waals surface area contributed by atoms with E-state index in [-0.39, 0.29) is 5.78 Å². The van der Waals surface area contributed by atoms with Gasteiger partial charge in [0, 0.05) is 18.4 Å². The fourth-order valence-electron chi connectivity index (χ4n) is 2.89. The molecule has 1 unspecified atom stereocenters. The summed E-state index contributed by atoms with van der Waals surface area (Å²) in [5.74, 6) is 0.122. The molecule has 2 aromatic carbocycles. The summed E-state index contributed by atoms with van der Waals surface area (Å²) in [5.41, 5.74) is 1.60.